The van der Waals surface area contributed by atoms with Crippen LogP contribution in [0.25, 0.3) is 5.65 Å². The Morgan fingerprint density at radius 2 is 2.00 bits per heavy atom. The first-order valence-electron chi connectivity index (χ1n) is 10.2. The second-order valence-electron chi connectivity index (χ2n) is 7.21. The molecule has 176 valence electrons. The van der Waals surface area contributed by atoms with E-state index in [4.69, 9.17) is 27.9 Å². The standard InChI is InChI=1S/C22H24BrCl2N5O3/c1-4-26-10-18(31)27-11-19(32)29(3)16-8-7-15(24)14(20(16)25)12-33-17-6-5-9-30-21(23)13(2)28-22(17)30/h5-9,26H,4,10-12H2,1-3H3,(H,27,31). The lowest BCUT2D eigenvalue weighted by Crippen LogP contribution is -2.41. The molecular formula is C22H24BrCl2N5O3. The Kier molecular flexibility index (Phi) is 8.58. The molecule has 2 aromatic heterocycles. The van der Waals surface area contributed by atoms with Crippen LogP contribution in [0.2, 0.25) is 10.0 Å². The van der Waals surface area contributed by atoms with Crippen molar-refractivity contribution in [3.05, 3.63) is 56.4 Å². The number of imidazole rings is 1. The number of amides is 2. The van der Waals surface area contributed by atoms with E-state index in [1.165, 1.54) is 4.90 Å². The number of fused-ring (bicyclic) bond motifs is 1. The van der Waals surface area contributed by atoms with Crippen LogP contribution in [0.4, 0.5) is 5.69 Å². The van der Waals surface area contributed by atoms with Gasteiger partial charge in [0.25, 0.3) is 0 Å². The lowest BCUT2D eigenvalue weighted by Gasteiger charge is -2.21. The third-order valence-electron chi connectivity index (χ3n) is 4.96. The summed E-state index contributed by atoms with van der Waals surface area (Å²) in [5.41, 5.74) is 2.49. The highest BCUT2D eigenvalue weighted by atomic mass is 79.9. The van der Waals surface area contributed by atoms with Gasteiger partial charge < -0.3 is 20.3 Å². The molecule has 0 saturated carbocycles. The van der Waals surface area contributed by atoms with E-state index >= 15 is 0 Å². The number of aryl methyl sites for hydroxylation is 1. The number of carbonyl (C=O) groups excluding carboxylic acids is 2. The van der Waals surface area contributed by atoms with Crippen LogP contribution in [-0.4, -0.2) is 47.9 Å². The maximum atomic E-state index is 12.6. The zero-order valence-corrected chi connectivity index (χ0v) is 21.5. The fourth-order valence-corrected chi connectivity index (χ4v) is 4.08. The quantitative estimate of drug-likeness (QED) is 0.416. The Morgan fingerprint density at radius 1 is 1.24 bits per heavy atom. The van der Waals surface area contributed by atoms with Gasteiger partial charge in [0.2, 0.25) is 11.8 Å². The van der Waals surface area contributed by atoms with Crippen LogP contribution in [0.1, 0.15) is 18.2 Å². The molecule has 11 heteroatoms. The molecular weight excluding hydrogens is 533 g/mol. The number of halogens is 3. The van der Waals surface area contributed by atoms with E-state index in [1.807, 2.05) is 36.6 Å². The van der Waals surface area contributed by atoms with E-state index < -0.39 is 0 Å². The summed E-state index contributed by atoms with van der Waals surface area (Å²) in [6, 6.07) is 6.98. The lowest BCUT2D eigenvalue weighted by molar-refractivity contribution is -0.124. The topological polar surface area (TPSA) is 88.0 Å². The molecule has 2 heterocycles. The molecule has 2 N–H and O–H groups in total. The van der Waals surface area contributed by atoms with Gasteiger partial charge in [0, 0.05) is 23.8 Å². The van der Waals surface area contributed by atoms with Crippen LogP contribution >= 0.6 is 39.1 Å². The predicted octanol–water partition coefficient (Wildman–Crippen LogP) is 3.98. The van der Waals surface area contributed by atoms with E-state index in [0.29, 0.717) is 39.2 Å². The molecule has 0 fully saturated rings. The number of rotatable bonds is 9. The summed E-state index contributed by atoms with van der Waals surface area (Å²) in [6.45, 7) is 4.53. The number of ether oxygens (including phenoxy) is 1. The number of nitrogens with one attached hydrogen (secondary N) is 2. The van der Waals surface area contributed by atoms with Gasteiger partial charge in [-0.3, -0.25) is 14.0 Å². The third-order valence-corrected chi connectivity index (χ3v) is 6.69. The molecule has 0 bridgehead atoms. The molecule has 1 aromatic carbocycles. The number of carbonyl (C=O) groups is 2. The number of likely N-dealkylation sites (N-methyl/N-ethyl adjacent to an activating group) is 2. The summed E-state index contributed by atoms with van der Waals surface area (Å²) in [5, 5.41) is 6.20. The van der Waals surface area contributed by atoms with Crippen molar-refractivity contribution in [2.75, 3.05) is 31.6 Å². The second-order valence-corrected chi connectivity index (χ2v) is 8.75. The number of hydrogen-bond acceptors (Lipinski definition) is 5. The minimum Gasteiger partial charge on any atom is -0.485 e. The van der Waals surface area contributed by atoms with Crippen LogP contribution < -0.4 is 20.3 Å². The lowest BCUT2D eigenvalue weighted by atomic mass is 10.2. The molecule has 3 aromatic rings. The average Bonchev–Trinajstić information content (AvgIpc) is 3.09. The van der Waals surface area contributed by atoms with Gasteiger partial charge >= 0.3 is 0 Å². The Balaban J connectivity index is 1.75. The van der Waals surface area contributed by atoms with Crippen LogP contribution in [0.15, 0.2) is 35.1 Å². The molecule has 0 atom stereocenters. The molecule has 3 rings (SSSR count). The first-order valence-corrected chi connectivity index (χ1v) is 11.8. The molecule has 2 amide bonds. The van der Waals surface area contributed by atoms with E-state index in [0.717, 1.165) is 10.3 Å². The number of anilines is 1. The van der Waals surface area contributed by atoms with E-state index in [1.54, 1.807) is 19.2 Å². The molecule has 0 aliphatic heterocycles. The van der Waals surface area contributed by atoms with Crippen molar-refractivity contribution in [3.8, 4) is 5.75 Å². The fraction of sp³-hybridized carbons (Fsp3) is 0.318. The fourth-order valence-electron chi connectivity index (χ4n) is 3.09. The van der Waals surface area contributed by atoms with Crippen LogP contribution in [-0.2, 0) is 16.2 Å². The molecule has 0 spiro atoms. The maximum absolute atomic E-state index is 12.6. The van der Waals surface area contributed by atoms with Gasteiger partial charge in [-0.1, -0.05) is 30.1 Å². The van der Waals surface area contributed by atoms with Gasteiger partial charge in [-0.2, -0.15) is 0 Å². The van der Waals surface area contributed by atoms with Crippen LogP contribution in [0.5, 0.6) is 5.75 Å². The zero-order chi connectivity index (χ0) is 24.1. The number of benzene rings is 1. The van der Waals surface area contributed by atoms with E-state index in [2.05, 4.69) is 31.5 Å². The Morgan fingerprint density at radius 3 is 2.73 bits per heavy atom. The number of pyridine rings is 1. The molecule has 0 radical (unpaired) electrons. The van der Waals surface area contributed by atoms with Crippen molar-refractivity contribution in [3.63, 3.8) is 0 Å². The number of hydrogen-bond donors (Lipinski definition) is 2. The van der Waals surface area contributed by atoms with Crippen molar-refractivity contribution in [2.24, 2.45) is 0 Å². The summed E-state index contributed by atoms with van der Waals surface area (Å²) in [7, 11) is 1.59. The number of aromatic nitrogens is 2. The summed E-state index contributed by atoms with van der Waals surface area (Å²) < 4.78 is 8.73. The molecule has 33 heavy (non-hydrogen) atoms. The van der Waals surface area contributed by atoms with Gasteiger partial charge in [-0.05, 0) is 53.7 Å². The minimum absolute atomic E-state index is 0.0795. The Labute approximate surface area is 210 Å². The van der Waals surface area contributed by atoms with E-state index in [9.17, 15) is 9.59 Å². The molecule has 0 saturated heterocycles. The largest absolute Gasteiger partial charge is 0.485 e. The first kappa shape index (κ1) is 25.3. The highest BCUT2D eigenvalue weighted by Crippen LogP contribution is 2.35. The minimum atomic E-state index is -0.321. The number of nitrogens with zero attached hydrogens (tertiary/aromatic N) is 3. The van der Waals surface area contributed by atoms with Crippen molar-refractivity contribution < 1.29 is 14.3 Å². The normalized spacial score (nSPS) is 11.0. The molecule has 0 aliphatic rings. The van der Waals surface area contributed by atoms with Gasteiger partial charge in [0.15, 0.2) is 11.4 Å². The summed E-state index contributed by atoms with van der Waals surface area (Å²) in [5.74, 6) is -0.0139. The zero-order valence-electron chi connectivity index (χ0n) is 18.4. The highest BCUT2D eigenvalue weighted by Gasteiger charge is 2.20. The Hall–Kier alpha value is -2.33. The van der Waals surface area contributed by atoms with Crippen molar-refractivity contribution in [2.45, 2.75) is 20.5 Å². The smallest absolute Gasteiger partial charge is 0.246 e. The van der Waals surface area contributed by atoms with Crippen molar-refractivity contribution in [1.82, 2.24) is 20.0 Å². The maximum Gasteiger partial charge on any atom is 0.246 e. The van der Waals surface area contributed by atoms with Crippen LogP contribution in [0, 0.1) is 6.92 Å². The van der Waals surface area contributed by atoms with Gasteiger partial charge in [0.05, 0.1) is 29.5 Å². The highest BCUT2D eigenvalue weighted by molar-refractivity contribution is 9.10. The van der Waals surface area contributed by atoms with Gasteiger partial charge in [-0.15, -0.1) is 0 Å². The summed E-state index contributed by atoms with van der Waals surface area (Å²) in [6.07, 6.45) is 1.88. The van der Waals surface area contributed by atoms with E-state index in [-0.39, 0.29) is 31.5 Å². The predicted molar refractivity (Wildman–Crippen MR) is 133 cm³/mol. The molecule has 8 nitrogen and oxygen atoms in total. The second kappa shape index (κ2) is 11.2. The van der Waals surface area contributed by atoms with Crippen LogP contribution in [0.3, 0.4) is 0 Å². The van der Waals surface area contributed by atoms with Gasteiger partial charge in [0.1, 0.15) is 11.2 Å². The summed E-state index contributed by atoms with van der Waals surface area (Å²) in [4.78, 5) is 30.2. The van der Waals surface area contributed by atoms with Gasteiger partial charge in [-0.25, -0.2) is 4.98 Å². The average molecular weight is 557 g/mol. The van der Waals surface area contributed by atoms with Crippen molar-refractivity contribution >= 4 is 62.3 Å². The van der Waals surface area contributed by atoms with Crippen molar-refractivity contribution in [1.29, 1.82) is 0 Å². The molecule has 0 aliphatic carbocycles. The molecule has 0 unspecified atom stereocenters. The summed E-state index contributed by atoms with van der Waals surface area (Å²) >= 11 is 16.5. The third kappa shape index (κ3) is 5.78. The SMILES string of the molecule is CCNCC(=O)NCC(=O)N(C)c1ccc(Cl)c(COc2cccn3c(Br)c(C)nc23)c1Cl. The first-order chi connectivity index (χ1) is 15.7. The Bertz CT molecular complexity index is 1180. The monoisotopic (exact) mass is 555 g/mol.